The monoisotopic (exact) mass is 719 g/mol. The number of rotatable bonds is 12. The number of hydrogen-bond donors (Lipinski definition) is 4. The molecule has 13 heteroatoms. The lowest BCUT2D eigenvalue weighted by molar-refractivity contribution is -0.146. The smallest absolute Gasteiger partial charge is 0.315 e. The Hall–Kier alpha value is -2.70. The van der Waals surface area contributed by atoms with E-state index >= 15 is 0 Å². The van der Waals surface area contributed by atoms with Crippen LogP contribution in [0.4, 0.5) is 4.79 Å². The number of piperidine rings is 1. The molecule has 12 nitrogen and oxygen atoms in total. The number of urea groups is 1. The summed E-state index contributed by atoms with van der Waals surface area (Å²) in [6.07, 6.45) is 7.14. The quantitative estimate of drug-likeness (QED) is 0.223. The highest BCUT2D eigenvalue weighted by atomic mass is 32.2. The SMILES string of the molecule is CCC[C@H]1C[C@@]1(NC(=O)[C@@H]1[C@@H]2[C@H](CN1C(=O)[C@@H](NC(=O)NC1(CS(=O)(=O)C(C)(C)C)CCCCC1)C(C)(C)C)C2(C)C)C(=O)C(=O)NC1CC1. The number of amides is 5. The number of nitrogens with zero attached hydrogens (tertiary/aromatic N) is 1. The van der Waals surface area contributed by atoms with Gasteiger partial charge in [-0.2, -0.15) is 0 Å². The Kier molecular flexibility index (Phi) is 10.1. The van der Waals surface area contributed by atoms with E-state index in [1.807, 2.05) is 27.7 Å². The van der Waals surface area contributed by atoms with Gasteiger partial charge in [0.2, 0.25) is 17.6 Å². The van der Waals surface area contributed by atoms with Crippen molar-refractivity contribution >= 4 is 39.4 Å². The van der Waals surface area contributed by atoms with E-state index in [-0.39, 0.29) is 35.0 Å². The molecule has 50 heavy (non-hydrogen) atoms. The number of carbonyl (C=O) groups excluding carboxylic acids is 5. The van der Waals surface area contributed by atoms with Crippen molar-refractivity contribution in [3.05, 3.63) is 0 Å². The summed E-state index contributed by atoms with van der Waals surface area (Å²) in [6, 6.07) is -2.49. The van der Waals surface area contributed by atoms with Crippen molar-refractivity contribution < 1.29 is 32.4 Å². The number of sulfone groups is 1. The highest BCUT2D eigenvalue weighted by molar-refractivity contribution is 7.92. The average molecular weight is 720 g/mol. The minimum absolute atomic E-state index is 0.00783. The van der Waals surface area contributed by atoms with E-state index in [1.54, 1.807) is 25.7 Å². The molecule has 0 aromatic heterocycles. The zero-order valence-electron chi connectivity index (χ0n) is 31.7. The second kappa shape index (κ2) is 13.1. The van der Waals surface area contributed by atoms with Crippen LogP contribution in [0.5, 0.6) is 0 Å². The average Bonchev–Trinajstić information content (AvgIpc) is 3.94. The summed E-state index contributed by atoms with van der Waals surface area (Å²) < 4.78 is 25.7. The van der Waals surface area contributed by atoms with Crippen LogP contribution in [-0.2, 0) is 29.0 Å². The van der Waals surface area contributed by atoms with Crippen molar-refractivity contribution in [2.45, 2.75) is 160 Å². The van der Waals surface area contributed by atoms with Crippen LogP contribution in [0.25, 0.3) is 0 Å². The molecule has 1 saturated heterocycles. The van der Waals surface area contributed by atoms with Crippen molar-refractivity contribution in [2.75, 3.05) is 12.3 Å². The number of nitrogens with one attached hydrogen (secondary N) is 4. The predicted octanol–water partition coefficient (Wildman–Crippen LogP) is 3.62. The molecule has 0 bridgehead atoms. The Bertz CT molecular complexity index is 1500. The number of likely N-dealkylation sites (tertiary alicyclic amines) is 1. The topological polar surface area (TPSA) is 171 Å². The molecular weight excluding hydrogens is 659 g/mol. The lowest BCUT2D eigenvalue weighted by atomic mass is 9.83. The second-order valence-corrected chi connectivity index (χ2v) is 21.5. The fraction of sp³-hybridized carbons (Fsp3) is 0.865. The van der Waals surface area contributed by atoms with Gasteiger partial charge in [0.05, 0.1) is 16.0 Å². The molecule has 5 aliphatic rings. The minimum Gasteiger partial charge on any atom is -0.347 e. The van der Waals surface area contributed by atoms with Crippen molar-refractivity contribution in [1.82, 2.24) is 26.2 Å². The van der Waals surface area contributed by atoms with Crippen LogP contribution >= 0.6 is 0 Å². The van der Waals surface area contributed by atoms with E-state index < -0.39 is 72.7 Å². The normalized spacial score (nSPS) is 30.4. The molecule has 6 atom stereocenters. The first-order valence-corrected chi connectivity index (χ1v) is 20.4. The minimum atomic E-state index is -3.56. The molecular formula is C37H61N5O7S. The number of fused-ring (bicyclic) bond motifs is 1. The van der Waals surface area contributed by atoms with Gasteiger partial charge in [-0.05, 0) is 87.9 Å². The Morgan fingerprint density at radius 3 is 2.08 bits per heavy atom. The summed E-state index contributed by atoms with van der Waals surface area (Å²) in [5, 5.41) is 11.7. The van der Waals surface area contributed by atoms with E-state index in [4.69, 9.17) is 0 Å². The van der Waals surface area contributed by atoms with Crippen LogP contribution in [-0.4, -0.2) is 89.1 Å². The largest absolute Gasteiger partial charge is 0.347 e. The Morgan fingerprint density at radius 2 is 1.54 bits per heavy atom. The first-order chi connectivity index (χ1) is 23.0. The van der Waals surface area contributed by atoms with E-state index in [1.165, 1.54) is 0 Å². The Balaban J connectivity index is 1.36. The van der Waals surface area contributed by atoms with Crippen molar-refractivity contribution in [3.8, 4) is 0 Å². The molecule has 4 N–H and O–H groups in total. The van der Waals surface area contributed by atoms with Gasteiger partial charge in [0, 0.05) is 12.6 Å². The van der Waals surface area contributed by atoms with Crippen LogP contribution < -0.4 is 21.3 Å². The van der Waals surface area contributed by atoms with Gasteiger partial charge in [0.1, 0.15) is 17.6 Å². The van der Waals surface area contributed by atoms with Crippen molar-refractivity contribution in [2.24, 2.45) is 28.6 Å². The molecule has 5 rings (SSSR count). The highest BCUT2D eigenvalue weighted by Crippen LogP contribution is 2.65. The lowest BCUT2D eigenvalue weighted by Crippen LogP contribution is -2.64. The standard InChI is InChI=1S/C37H61N5O7S/c1-10-14-22-19-37(22,28(43)30(45)38-23-15-16-23)40-29(44)26-25-24(35(25,8)9)20-42(26)31(46)27(33(2,3)4)39-32(47)41-36(17-12-11-13-18-36)21-50(48,49)34(5,6)7/h22-27H,10-21H2,1-9H3,(H,38,45)(H,40,44)(H2,39,41,47)/t22-,24-,25-,26-,27+,37-/m0/s1. The van der Waals surface area contributed by atoms with Crippen molar-refractivity contribution in [1.29, 1.82) is 0 Å². The van der Waals surface area contributed by atoms with Gasteiger partial charge in [0.15, 0.2) is 9.84 Å². The molecule has 1 heterocycles. The van der Waals surface area contributed by atoms with Gasteiger partial charge in [-0.1, -0.05) is 67.2 Å². The second-order valence-electron chi connectivity index (χ2n) is 18.7. The summed E-state index contributed by atoms with van der Waals surface area (Å²) in [5.41, 5.74) is -3.18. The number of ketones is 1. The molecule has 0 spiro atoms. The maximum Gasteiger partial charge on any atom is 0.315 e. The summed E-state index contributed by atoms with van der Waals surface area (Å²) in [5.74, 6) is -2.51. The molecule has 0 aromatic carbocycles. The fourth-order valence-electron chi connectivity index (χ4n) is 8.64. The number of carbonyl (C=O) groups is 5. The predicted molar refractivity (Wildman–Crippen MR) is 191 cm³/mol. The fourth-order valence-corrected chi connectivity index (χ4v) is 10.2. The zero-order valence-corrected chi connectivity index (χ0v) is 32.5. The third-order valence-corrected chi connectivity index (χ3v) is 15.1. The van der Waals surface area contributed by atoms with E-state index in [0.29, 0.717) is 32.2 Å². The first kappa shape index (κ1) is 38.5. The molecule has 5 fully saturated rings. The van der Waals surface area contributed by atoms with Gasteiger partial charge in [-0.25, -0.2) is 13.2 Å². The number of Topliss-reactive ketones (excluding diaryl/α,β-unsaturated/α-hetero) is 1. The number of hydrogen-bond acceptors (Lipinski definition) is 7. The van der Waals surface area contributed by atoms with Crippen LogP contribution in [0.1, 0.15) is 127 Å². The van der Waals surface area contributed by atoms with Crippen molar-refractivity contribution in [3.63, 3.8) is 0 Å². The zero-order chi connectivity index (χ0) is 37.2. The first-order valence-electron chi connectivity index (χ1n) is 18.8. The van der Waals surface area contributed by atoms with Crippen LogP contribution in [0, 0.1) is 28.6 Å². The van der Waals surface area contributed by atoms with E-state index in [2.05, 4.69) is 35.1 Å². The van der Waals surface area contributed by atoms with Gasteiger partial charge in [-0.3, -0.25) is 19.2 Å². The third kappa shape index (κ3) is 7.44. The third-order valence-electron chi connectivity index (χ3n) is 12.3. The molecule has 4 aliphatic carbocycles. The maximum absolute atomic E-state index is 14.5. The van der Waals surface area contributed by atoms with E-state index in [0.717, 1.165) is 38.5 Å². The van der Waals surface area contributed by atoms with Gasteiger partial charge >= 0.3 is 6.03 Å². The molecule has 282 valence electrons. The summed E-state index contributed by atoms with van der Waals surface area (Å²) in [6.45, 7) is 17.0. The summed E-state index contributed by atoms with van der Waals surface area (Å²) in [7, 11) is -3.56. The molecule has 0 aromatic rings. The summed E-state index contributed by atoms with van der Waals surface area (Å²) >= 11 is 0. The molecule has 4 saturated carbocycles. The molecule has 5 amide bonds. The Morgan fingerprint density at radius 1 is 0.920 bits per heavy atom. The summed E-state index contributed by atoms with van der Waals surface area (Å²) in [4.78, 5) is 70.7. The highest BCUT2D eigenvalue weighted by Gasteiger charge is 2.71. The van der Waals surface area contributed by atoms with Gasteiger partial charge < -0.3 is 26.2 Å². The molecule has 1 aliphatic heterocycles. The van der Waals surface area contributed by atoms with Gasteiger partial charge in [0.25, 0.3) is 5.91 Å². The van der Waals surface area contributed by atoms with Crippen LogP contribution in [0.3, 0.4) is 0 Å². The van der Waals surface area contributed by atoms with Crippen LogP contribution in [0.15, 0.2) is 0 Å². The van der Waals surface area contributed by atoms with Crippen LogP contribution in [0.2, 0.25) is 0 Å². The van der Waals surface area contributed by atoms with E-state index in [9.17, 15) is 32.4 Å². The molecule has 0 radical (unpaired) electrons. The maximum atomic E-state index is 14.5. The van der Waals surface area contributed by atoms with Gasteiger partial charge in [-0.15, -0.1) is 0 Å². The molecule has 0 unspecified atom stereocenters. The lowest BCUT2D eigenvalue weighted by Gasteiger charge is -2.41. The Labute approximate surface area is 298 Å².